The summed E-state index contributed by atoms with van der Waals surface area (Å²) in [5.41, 5.74) is 2.59. The molecular weight excluding hydrogens is 182 g/mol. The van der Waals surface area contributed by atoms with Gasteiger partial charge in [0.15, 0.2) is 0 Å². The summed E-state index contributed by atoms with van der Waals surface area (Å²) in [4.78, 5) is 21.0. The van der Waals surface area contributed by atoms with E-state index in [1.54, 1.807) is 30.3 Å². The molecule has 4 heteroatoms. The number of carbonyl (C=O) groups is 2. The number of amides is 1. The zero-order chi connectivity index (χ0) is 10.4. The number of rotatable bonds is 3. The van der Waals surface area contributed by atoms with Crippen LogP contribution >= 0.6 is 0 Å². The molecule has 72 valence electrons. The van der Waals surface area contributed by atoms with E-state index in [9.17, 15) is 9.59 Å². The van der Waals surface area contributed by atoms with Gasteiger partial charge in [0, 0.05) is 5.56 Å². The topological polar surface area (TPSA) is 66.4 Å². The number of nitrogens with one attached hydrogen (secondary N) is 1. The molecule has 0 bridgehead atoms. The normalized spacial score (nSPS) is 10.1. The second-order valence-electron chi connectivity index (χ2n) is 2.56. The third-order valence-electron chi connectivity index (χ3n) is 1.62. The molecule has 0 saturated carbocycles. The summed E-state index contributed by atoms with van der Waals surface area (Å²) in [6, 6.07) is 6.53. The maximum atomic E-state index is 11.0. The maximum absolute atomic E-state index is 11.0. The molecule has 4 nitrogen and oxygen atoms in total. The summed E-state index contributed by atoms with van der Waals surface area (Å²) in [6.07, 6.45) is 3.55. The van der Waals surface area contributed by atoms with Crippen molar-refractivity contribution in [3.63, 3.8) is 0 Å². The Morgan fingerprint density at radius 2 is 2.21 bits per heavy atom. The van der Waals surface area contributed by atoms with Crippen LogP contribution in [0.3, 0.4) is 0 Å². The van der Waals surface area contributed by atoms with Gasteiger partial charge in [0.25, 0.3) is 5.91 Å². The van der Waals surface area contributed by atoms with E-state index in [4.69, 9.17) is 5.21 Å². The fourth-order valence-corrected chi connectivity index (χ4v) is 0.999. The van der Waals surface area contributed by atoms with Crippen LogP contribution in [0.25, 0.3) is 6.08 Å². The summed E-state index contributed by atoms with van der Waals surface area (Å²) < 4.78 is 0. The molecule has 1 aromatic carbocycles. The van der Waals surface area contributed by atoms with Gasteiger partial charge in [-0.1, -0.05) is 18.2 Å². The van der Waals surface area contributed by atoms with E-state index >= 15 is 0 Å². The van der Waals surface area contributed by atoms with Crippen molar-refractivity contribution >= 4 is 18.3 Å². The predicted molar refractivity (Wildman–Crippen MR) is 50.8 cm³/mol. The highest BCUT2D eigenvalue weighted by atomic mass is 16.5. The molecule has 0 atom stereocenters. The molecule has 0 fully saturated rings. The molecule has 0 aliphatic heterocycles. The Labute approximate surface area is 80.8 Å². The summed E-state index contributed by atoms with van der Waals surface area (Å²) in [5, 5.41) is 8.38. The molecule has 0 spiro atoms. The molecule has 0 radical (unpaired) electrons. The fourth-order valence-electron chi connectivity index (χ4n) is 0.999. The van der Waals surface area contributed by atoms with Gasteiger partial charge in [0.05, 0.1) is 0 Å². The van der Waals surface area contributed by atoms with Crippen LogP contribution in [0.15, 0.2) is 30.3 Å². The lowest BCUT2D eigenvalue weighted by Gasteiger charge is -1.99. The van der Waals surface area contributed by atoms with E-state index < -0.39 is 5.91 Å². The number of hydroxylamine groups is 1. The molecule has 0 unspecified atom stereocenters. The van der Waals surface area contributed by atoms with Crippen LogP contribution in [0.1, 0.15) is 15.9 Å². The number of carbonyl (C=O) groups excluding carboxylic acids is 2. The number of benzene rings is 1. The second-order valence-corrected chi connectivity index (χ2v) is 2.56. The standard InChI is InChI=1S/C10H9NO3/c12-6-2-4-8-3-1-5-9(7-8)10(13)11-14/h1-7,14H,(H,11,13). The van der Waals surface area contributed by atoms with Crippen LogP contribution in [0.2, 0.25) is 0 Å². The highest BCUT2D eigenvalue weighted by Gasteiger charge is 2.02. The number of aldehydes is 1. The fraction of sp³-hybridized carbons (Fsp3) is 0. The van der Waals surface area contributed by atoms with E-state index in [0.29, 0.717) is 11.8 Å². The molecule has 0 saturated heterocycles. The minimum atomic E-state index is -0.577. The van der Waals surface area contributed by atoms with Gasteiger partial charge in [-0.25, -0.2) is 5.48 Å². The third-order valence-corrected chi connectivity index (χ3v) is 1.62. The molecule has 1 aromatic rings. The van der Waals surface area contributed by atoms with Gasteiger partial charge in [-0.3, -0.25) is 14.8 Å². The van der Waals surface area contributed by atoms with Crippen molar-refractivity contribution in [1.82, 2.24) is 5.48 Å². The summed E-state index contributed by atoms with van der Waals surface area (Å²) >= 11 is 0. The van der Waals surface area contributed by atoms with Crippen LogP contribution in [0.5, 0.6) is 0 Å². The second kappa shape index (κ2) is 4.94. The van der Waals surface area contributed by atoms with E-state index in [0.717, 1.165) is 5.56 Å². The predicted octanol–water partition coefficient (Wildman–Crippen LogP) is 1.02. The maximum Gasteiger partial charge on any atom is 0.274 e. The number of allylic oxidation sites excluding steroid dienone is 1. The SMILES string of the molecule is O=CC=Cc1cccc(C(=O)NO)c1. The quantitative estimate of drug-likeness (QED) is 0.324. The van der Waals surface area contributed by atoms with E-state index in [2.05, 4.69) is 0 Å². The van der Waals surface area contributed by atoms with Crippen molar-refractivity contribution in [3.05, 3.63) is 41.5 Å². The van der Waals surface area contributed by atoms with E-state index in [-0.39, 0.29) is 0 Å². The lowest BCUT2D eigenvalue weighted by molar-refractivity contribution is -0.104. The van der Waals surface area contributed by atoms with Gasteiger partial charge in [-0.05, 0) is 23.8 Å². The zero-order valence-electron chi connectivity index (χ0n) is 7.31. The summed E-state index contributed by atoms with van der Waals surface area (Å²) in [6.45, 7) is 0. The van der Waals surface area contributed by atoms with Gasteiger partial charge in [-0.2, -0.15) is 0 Å². The van der Waals surface area contributed by atoms with Crippen molar-refractivity contribution in [2.75, 3.05) is 0 Å². The third kappa shape index (κ3) is 2.53. The Morgan fingerprint density at radius 3 is 2.86 bits per heavy atom. The molecule has 2 N–H and O–H groups in total. The van der Waals surface area contributed by atoms with Gasteiger partial charge in [0.2, 0.25) is 0 Å². The number of hydrogen-bond acceptors (Lipinski definition) is 3. The Morgan fingerprint density at radius 1 is 1.43 bits per heavy atom. The van der Waals surface area contributed by atoms with Gasteiger partial charge in [0.1, 0.15) is 6.29 Å². The number of hydrogen-bond donors (Lipinski definition) is 2. The van der Waals surface area contributed by atoms with Gasteiger partial charge in [-0.15, -0.1) is 0 Å². The molecule has 14 heavy (non-hydrogen) atoms. The molecular formula is C10H9NO3. The van der Waals surface area contributed by atoms with Gasteiger partial charge < -0.3 is 0 Å². The average molecular weight is 191 g/mol. The van der Waals surface area contributed by atoms with Crippen molar-refractivity contribution in [2.45, 2.75) is 0 Å². The van der Waals surface area contributed by atoms with Crippen molar-refractivity contribution < 1.29 is 14.8 Å². The van der Waals surface area contributed by atoms with Crippen molar-refractivity contribution in [3.8, 4) is 0 Å². The molecule has 0 aromatic heterocycles. The Kier molecular flexibility index (Phi) is 3.58. The Balaban J connectivity index is 2.94. The lowest BCUT2D eigenvalue weighted by atomic mass is 10.1. The van der Waals surface area contributed by atoms with Crippen LogP contribution in [0.4, 0.5) is 0 Å². The monoisotopic (exact) mass is 191 g/mol. The first-order valence-corrected chi connectivity index (χ1v) is 3.94. The minimum Gasteiger partial charge on any atom is -0.299 e. The molecule has 0 aliphatic carbocycles. The first-order valence-electron chi connectivity index (χ1n) is 3.94. The highest BCUT2D eigenvalue weighted by Crippen LogP contribution is 2.06. The molecule has 1 amide bonds. The van der Waals surface area contributed by atoms with Gasteiger partial charge >= 0.3 is 0 Å². The highest BCUT2D eigenvalue weighted by molar-refractivity contribution is 5.94. The first kappa shape index (κ1) is 10.1. The van der Waals surface area contributed by atoms with Crippen LogP contribution in [0, 0.1) is 0 Å². The minimum absolute atomic E-state index is 0.334. The first-order chi connectivity index (χ1) is 6.77. The smallest absolute Gasteiger partial charge is 0.274 e. The largest absolute Gasteiger partial charge is 0.299 e. The van der Waals surface area contributed by atoms with Crippen LogP contribution in [-0.4, -0.2) is 17.4 Å². The van der Waals surface area contributed by atoms with Crippen molar-refractivity contribution in [1.29, 1.82) is 0 Å². The molecule has 1 rings (SSSR count). The molecule has 0 aliphatic rings. The molecule has 0 heterocycles. The average Bonchev–Trinajstić information content (AvgIpc) is 2.25. The summed E-state index contributed by atoms with van der Waals surface area (Å²) in [5.74, 6) is -0.577. The lowest BCUT2D eigenvalue weighted by Crippen LogP contribution is -2.18. The van der Waals surface area contributed by atoms with Crippen LogP contribution < -0.4 is 5.48 Å². The Bertz CT molecular complexity index is 371. The summed E-state index contributed by atoms with van der Waals surface area (Å²) in [7, 11) is 0. The van der Waals surface area contributed by atoms with E-state index in [1.807, 2.05) is 0 Å². The van der Waals surface area contributed by atoms with E-state index in [1.165, 1.54) is 11.6 Å². The van der Waals surface area contributed by atoms with Crippen LogP contribution in [-0.2, 0) is 4.79 Å². The zero-order valence-corrected chi connectivity index (χ0v) is 7.31. The van der Waals surface area contributed by atoms with Crippen molar-refractivity contribution in [2.24, 2.45) is 0 Å². The Hall–Kier alpha value is -1.94.